The van der Waals surface area contributed by atoms with E-state index in [0.717, 1.165) is 24.1 Å². The number of aryl methyl sites for hydroxylation is 1. The number of hydrogen-bond acceptors (Lipinski definition) is 3. The van der Waals surface area contributed by atoms with Crippen molar-refractivity contribution in [3.8, 4) is 11.1 Å². The third-order valence-electron chi connectivity index (χ3n) is 5.78. The van der Waals surface area contributed by atoms with Gasteiger partial charge in [-0.1, -0.05) is 48.5 Å². The number of carbonyl (C=O) groups excluding carboxylic acids is 1. The molecule has 0 saturated carbocycles. The second-order valence-electron chi connectivity index (χ2n) is 8.67. The summed E-state index contributed by atoms with van der Waals surface area (Å²) in [6.07, 6.45) is 4.61. The van der Waals surface area contributed by atoms with Gasteiger partial charge in [0.25, 0.3) is 0 Å². The maximum Gasteiger partial charge on any atom is 0.328 e. The number of hydrogen-bond donors (Lipinski definition) is 2. The fourth-order valence-electron chi connectivity index (χ4n) is 3.74. The van der Waals surface area contributed by atoms with Crippen LogP contribution < -0.4 is 5.32 Å². The van der Waals surface area contributed by atoms with Gasteiger partial charge in [0.15, 0.2) is 0 Å². The fraction of sp³-hybridized carbons (Fsp3) is 0.440. The van der Waals surface area contributed by atoms with E-state index in [1.165, 1.54) is 50.9 Å². The SMILES string of the molecule is CC(C)(NC(=O)CCc1ccc(-c2ccc(CCN3CCCC3)cc2)cc1)C(=O)O. The van der Waals surface area contributed by atoms with Crippen molar-refractivity contribution in [2.75, 3.05) is 19.6 Å². The van der Waals surface area contributed by atoms with Gasteiger partial charge in [0.2, 0.25) is 5.91 Å². The minimum absolute atomic E-state index is 0.254. The van der Waals surface area contributed by atoms with Crippen LogP contribution in [0.5, 0.6) is 0 Å². The van der Waals surface area contributed by atoms with E-state index < -0.39 is 11.5 Å². The van der Waals surface area contributed by atoms with Crippen molar-refractivity contribution in [2.45, 2.75) is 51.5 Å². The van der Waals surface area contributed by atoms with Gasteiger partial charge in [0.1, 0.15) is 5.54 Å². The zero-order valence-corrected chi connectivity index (χ0v) is 18.0. The van der Waals surface area contributed by atoms with E-state index in [0.29, 0.717) is 6.42 Å². The number of benzene rings is 2. The highest BCUT2D eigenvalue weighted by molar-refractivity contribution is 5.86. The van der Waals surface area contributed by atoms with Crippen molar-refractivity contribution >= 4 is 11.9 Å². The first-order valence-electron chi connectivity index (χ1n) is 10.8. The zero-order chi connectivity index (χ0) is 21.6. The van der Waals surface area contributed by atoms with Crippen LogP contribution in [0.4, 0.5) is 0 Å². The molecule has 0 aliphatic carbocycles. The van der Waals surface area contributed by atoms with Crippen molar-refractivity contribution in [3.63, 3.8) is 0 Å². The van der Waals surface area contributed by atoms with E-state index in [-0.39, 0.29) is 12.3 Å². The highest BCUT2D eigenvalue weighted by Gasteiger charge is 2.28. The van der Waals surface area contributed by atoms with Crippen LogP contribution in [0.15, 0.2) is 48.5 Å². The van der Waals surface area contributed by atoms with Crippen LogP contribution in [-0.2, 0) is 22.4 Å². The van der Waals surface area contributed by atoms with Gasteiger partial charge >= 0.3 is 5.97 Å². The number of likely N-dealkylation sites (tertiary alicyclic amines) is 1. The second-order valence-corrected chi connectivity index (χ2v) is 8.67. The molecule has 1 aliphatic heterocycles. The quantitative estimate of drug-likeness (QED) is 0.660. The van der Waals surface area contributed by atoms with Crippen LogP contribution in [0.3, 0.4) is 0 Å². The number of aliphatic carboxylic acids is 1. The van der Waals surface area contributed by atoms with E-state index in [4.69, 9.17) is 5.11 Å². The molecule has 3 rings (SSSR count). The van der Waals surface area contributed by atoms with Gasteiger partial charge < -0.3 is 15.3 Å². The predicted octanol–water partition coefficient (Wildman–Crippen LogP) is 3.90. The molecular weight excluding hydrogens is 376 g/mol. The highest BCUT2D eigenvalue weighted by atomic mass is 16.4. The molecule has 0 aromatic heterocycles. The van der Waals surface area contributed by atoms with Crippen LogP contribution in [0.1, 0.15) is 44.2 Å². The van der Waals surface area contributed by atoms with Crippen molar-refractivity contribution in [3.05, 3.63) is 59.7 Å². The first-order chi connectivity index (χ1) is 14.3. The summed E-state index contributed by atoms with van der Waals surface area (Å²) in [6, 6.07) is 17.0. The Morgan fingerprint density at radius 2 is 1.40 bits per heavy atom. The number of carboxylic acid groups (broad SMARTS) is 1. The Labute approximate surface area is 179 Å². The summed E-state index contributed by atoms with van der Waals surface area (Å²) in [4.78, 5) is 25.7. The predicted molar refractivity (Wildman–Crippen MR) is 119 cm³/mol. The fourth-order valence-corrected chi connectivity index (χ4v) is 3.74. The number of carboxylic acids is 1. The Morgan fingerprint density at radius 1 is 0.900 bits per heavy atom. The normalized spacial score (nSPS) is 14.6. The lowest BCUT2D eigenvalue weighted by Crippen LogP contribution is -2.49. The number of carbonyl (C=O) groups is 2. The summed E-state index contributed by atoms with van der Waals surface area (Å²) in [6.45, 7) is 6.59. The van der Waals surface area contributed by atoms with E-state index in [2.05, 4.69) is 46.6 Å². The first kappa shape index (κ1) is 22.0. The average Bonchev–Trinajstić information content (AvgIpc) is 3.25. The molecule has 1 amide bonds. The summed E-state index contributed by atoms with van der Waals surface area (Å²) in [5.74, 6) is -1.29. The van der Waals surface area contributed by atoms with E-state index >= 15 is 0 Å². The third-order valence-corrected chi connectivity index (χ3v) is 5.78. The van der Waals surface area contributed by atoms with Crippen LogP contribution in [-0.4, -0.2) is 47.1 Å². The summed E-state index contributed by atoms with van der Waals surface area (Å²) in [5.41, 5.74) is 3.53. The molecule has 5 heteroatoms. The van der Waals surface area contributed by atoms with Gasteiger partial charge in [0.05, 0.1) is 0 Å². The van der Waals surface area contributed by atoms with E-state index in [1.54, 1.807) is 0 Å². The Morgan fingerprint density at radius 3 is 1.90 bits per heavy atom. The van der Waals surface area contributed by atoms with Crippen LogP contribution >= 0.6 is 0 Å². The molecule has 1 fully saturated rings. The second kappa shape index (κ2) is 9.90. The number of rotatable bonds is 9. The maximum atomic E-state index is 12.0. The van der Waals surface area contributed by atoms with Crippen molar-refractivity contribution in [1.29, 1.82) is 0 Å². The van der Waals surface area contributed by atoms with Crippen molar-refractivity contribution in [2.24, 2.45) is 0 Å². The molecule has 2 aromatic carbocycles. The lowest BCUT2D eigenvalue weighted by atomic mass is 10.00. The molecule has 30 heavy (non-hydrogen) atoms. The molecule has 1 heterocycles. The van der Waals surface area contributed by atoms with Gasteiger partial charge in [-0.05, 0) is 74.9 Å². The molecule has 1 saturated heterocycles. The number of nitrogens with one attached hydrogen (secondary N) is 1. The molecule has 160 valence electrons. The number of amides is 1. The minimum Gasteiger partial charge on any atom is -0.480 e. The minimum atomic E-state index is -1.25. The van der Waals surface area contributed by atoms with Crippen LogP contribution in [0.25, 0.3) is 11.1 Å². The smallest absolute Gasteiger partial charge is 0.328 e. The molecular formula is C25H32N2O3. The topological polar surface area (TPSA) is 69.6 Å². The summed E-state index contributed by atoms with van der Waals surface area (Å²) < 4.78 is 0. The Bertz CT molecular complexity index is 851. The summed E-state index contributed by atoms with van der Waals surface area (Å²) in [7, 11) is 0. The van der Waals surface area contributed by atoms with Gasteiger partial charge in [-0.15, -0.1) is 0 Å². The van der Waals surface area contributed by atoms with E-state index in [9.17, 15) is 9.59 Å². The Balaban J connectivity index is 1.50. The first-order valence-corrected chi connectivity index (χ1v) is 10.8. The van der Waals surface area contributed by atoms with Gasteiger partial charge in [-0.3, -0.25) is 4.79 Å². The van der Waals surface area contributed by atoms with E-state index in [1.807, 2.05) is 12.1 Å². The summed E-state index contributed by atoms with van der Waals surface area (Å²) in [5, 5.41) is 11.6. The third kappa shape index (κ3) is 6.17. The van der Waals surface area contributed by atoms with Gasteiger partial charge in [-0.25, -0.2) is 4.79 Å². The Hall–Kier alpha value is -2.66. The monoisotopic (exact) mass is 408 g/mol. The van der Waals surface area contributed by atoms with Crippen LogP contribution in [0.2, 0.25) is 0 Å². The zero-order valence-electron chi connectivity index (χ0n) is 18.0. The average molecular weight is 409 g/mol. The standard InChI is InChI=1S/C25H32N2O3/c1-25(2,24(29)30)26-23(28)14-9-19-5-10-21(11-6-19)22-12-7-20(8-13-22)15-18-27-16-3-4-17-27/h5-8,10-13H,3-4,9,14-18H2,1-2H3,(H,26,28)(H,29,30). The number of nitrogens with zero attached hydrogens (tertiary/aromatic N) is 1. The van der Waals surface area contributed by atoms with Crippen molar-refractivity contribution in [1.82, 2.24) is 10.2 Å². The Kier molecular flexibility index (Phi) is 7.27. The van der Waals surface area contributed by atoms with Crippen LogP contribution in [0, 0.1) is 0 Å². The molecule has 5 nitrogen and oxygen atoms in total. The molecule has 1 aliphatic rings. The molecule has 0 spiro atoms. The molecule has 0 bridgehead atoms. The maximum absolute atomic E-state index is 12.0. The molecule has 0 radical (unpaired) electrons. The molecule has 2 aromatic rings. The van der Waals surface area contributed by atoms with Gasteiger partial charge in [-0.2, -0.15) is 0 Å². The largest absolute Gasteiger partial charge is 0.480 e. The summed E-state index contributed by atoms with van der Waals surface area (Å²) >= 11 is 0. The van der Waals surface area contributed by atoms with Crippen molar-refractivity contribution < 1.29 is 14.7 Å². The molecule has 2 N–H and O–H groups in total. The lowest BCUT2D eigenvalue weighted by molar-refractivity contribution is -0.146. The highest BCUT2D eigenvalue weighted by Crippen LogP contribution is 2.21. The molecule has 0 unspecified atom stereocenters. The molecule has 0 atom stereocenters. The van der Waals surface area contributed by atoms with Gasteiger partial charge in [0, 0.05) is 13.0 Å². The lowest BCUT2D eigenvalue weighted by Gasteiger charge is -2.20.